The van der Waals surface area contributed by atoms with Gasteiger partial charge in [0.15, 0.2) is 0 Å². The van der Waals surface area contributed by atoms with E-state index in [-0.39, 0.29) is 17.9 Å². The van der Waals surface area contributed by atoms with Crippen LogP contribution in [-0.4, -0.2) is 20.9 Å². The Kier molecular flexibility index (Phi) is 8.34. The highest BCUT2D eigenvalue weighted by atomic mass is 15.0. The molecule has 0 saturated heterocycles. The summed E-state index contributed by atoms with van der Waals surface area (Å²) in [5.41, 5.74) is 14.4. The molecule has 0 amide bonds. The quantitative estimate of drug-likeness (QED) is 0.165. The van der Waals surface area contributed by atoms with Gasteiger partial charge in [0.25, 0.3) is 0 Å². The predicted molar refractivity (Wildman–Crippen MR) is 268 cm³/mol. The number of fused-ring (bicyclic) bond motifs is 10. The van der Waals surface area contributed by atoms with Crippen LogP contribution in [-0.2, 0) is 0 Å². The molecule has 0 radical (unpaired) electrons. The summed E-state index contributed by atoms with van der Waals surface area (Å²) in [5.74, 6) is 0.781. The third-order valence-electron chi connectivity index (χ3n) is 14.6. The minimum Gasteiger partial charge on any atom is -0.312 e. The molecule has 4 atom stereocenters. The Hall–Kier alpha value is -7.23. The minimum atomic E-state index is 0.144. The monoisotopic (exact) mass is 809 g/mol. The molecule has 3 heteroatoms. The van der Waals surface area contributed by atoms with Crippen LogP contribution in [0.25, 0.3) is 76.5 Å². The van der Waals surface area contributed by atoms with Crippen molar-refractivity contribution in [1.29, 1.82) is 0 Å². The number of hydrogen-bond donors (Lipinski definition) is 0. The van der Waals surface area contributed by atoms with Crippen molar-refractivity contribution >= 4 is 76.6 Å². The maximum atomic E-state index is 5.54. The van der Waals surface area contributed by atoms with Gasteiger partial charge in [-0.1, -0.05) is 159 Å². The van der Waals surface area contributed by atoms with Gasteiger partial charge in [0.2, 0.25) is 0 Å². The number of dihydropyridines is 1. The fourth-order valence-corrected chi connectivity index (χ4v) is 11.6. The third kappa shape index (κ3) is 5.62. The number of allylic oxidation sites excluding steroid dienone is 16. The van der Waals surface area contributed by atoms with Crippen LogP contribution in [0, 0.1) is 17.8 Å². The Bertz CT molecular complexity index is 3600. The first kappa shape index (κ1) is 36.4. The number of hydrogen-bond acceptors (Lipinski definition) is 1. The van der Waals surface area contributed by atoms with Crippen molar-refractivity contribution in [2.75, 3.05) is 0 Å². The second-order valence-electron chi connectivity index (χ2n) is 18.0. The van der Waals surface area contributed by atoms with E-state index in [0.717, 1.165) is 25.7 Å². The van der Waals surface area contributed by atoms with Gasteiger partial charge in [-0.3, -0.25) is 4.99 Å². The minimum absolute atomic E-state index is 0.144. The molecule has 0 spiro atoms. The standard InChI is InChI=1S/C60H47N3/c1-38-50(37-53(40-18-4-2-5-19-40)61-59(38)41-20-6-3-7-21-41)45-26-15-28-46-44(45)27-16-32-55(46)62-54-29-12-11-25-48(54)52-36-51-42(35-58(52)62)22-14-31-57(51)63-56-30-13-10-24-47(56)49-34-33-39-17-8-9-23-43(39)60(49)63/h2-6,8-18,20,22-27,29-38,40,46,59H,7,19,21,28H2,1H3. The molecule has 2 aromatic heterocycles. The molecule has 8 aromatic rings. The van der Waals surface area contributed by atoms with E-state index in [1.54, 1.807) is 0 Å². The zero-order valence-electron chi connectivity index (χ0n) is 35.5. The van der Waals surface area contributed by atoms with Crippen molar-refractivity contribution in [3.63, 3.8) is 0 Å². The summed E-state index contributed by atoms with van der Waals surface area (Å²) in [6.07, 6.45) is 34.4. The van der Waals surface area contributed by atoms with Gasteiger partial charge in [-0.2, -0.15) is 0 Å². The lowest BCUT2D eigenvalue weighted by atomic mass is 9.73. The lowest BCUT2D eigenvalue weighted by molar-refractivity contribution is 0.551. The fraction of sp³-hybridized carbons (Fsp3) is 0.150. The number of aliphatic imine (C=N–C) groups is 1. The van der Waals surface area contributed by atoms with Gasteiger partial charge in [0, 0.05) is 61.5 Å². The molecule has 3 heterocycles. The molecule has 0 bridgehead atoms. The van der Waals surface area contributed by atoms with Crippen LogP contribution in [0.2, 0.25) is 0 Å². The molecule has 4 aliphatic carbocycles. The van der Waals surface area contributed by atoms with Crippen LogP contribution in [0.5, 0.6) is 0 Å². The average Bonchev–Trinajstić information content (AvgIpc) is 3.86. The maximum absolute atomic E-state index is 5.54. The van der Waals surface area contributed by atoms with E-state index in [2.05, 4.69) is 210 Å². The van der Waals surface area contributed by atoms with Gasteiger partial charge < -0.3 is 9.13 Å². The van der Waals surface area contributed by atoms with Gasteiger partial charge in [0.1, 0.15) is 0 Å². The van der Waals surface area contributed by atoms with Crippen LogP contribution in [0.15, 0.2) is 222 Å². The Labute approximate surface area is 367 Å². The summed E-state index contributed by atoms with van der Waals surface area (Å²) in [6, 6.07) is 43.3. The summed E-state index contributed by atoms with van der Waals surface area (Å²) in [6.45, 7) is 2.41. The van der Waals surface area contributed by atoms with Gasteiger partial charge in [-0.05, 0) is 101 Å². The van der Waals surface area contributed by atoms with Crippen molar-refractivity contribution in [2.45, 2.75) is 38.6 Å². The SMILES string of the molecule is CC1C(C2=C3C=CC=C(n4c5ccccc5c5cc6c(-n7c8ccccc8c8ccc9ccccc9c87)cccc6cc54)C3CC=C2)=CC(C2C=CC=CC2)=NC1C1=CC=CCC1. The van der Waals surface area contributed by atoms with E-state index in [1.165, 1.54) is 105 Å². The number of benzene rings is 6. The van der Waals surface area contributed by atoms with Crippen LogP contribution in [0.1, 0.15) is 32.6 Å². The molecule has 3 nitrogen and oxygen atoms in total. The number of aromatic nitrogens is 2. The largest absolute Gasteiger partial charge is 0.312 e. The zero-order chi connectivity index (χ0) is 41.6. The first-order chi connectivity index (χ1) is 31.2. The Morgan fingerprint density at radius 1 is 0.587 bits per heavy atom. The highest BCUT2D eigenvalue weighted by molar-refractivity contribution is 6.20. The van der Waals surface area contributed by atoms with Gasteiger partial charge >= 0.3 is 0 Å². The van der Waals surface area contributed by atoms with Crippen LogP contribution >= 0.6 is 0 Å². The molecule has 5 aliphatic rings. The average molecular weight is 810 g/mol. The van der Waals surface area contributed by atoms with Crippen molar-refractivity contribution in [3.8, 4) is 5.69 Å². The Balaban J connectivity index is 0.982. The van der Waals surface area contributed by atoms with E-state index in [1.807, 2.05) is 0 Å². The van der Waals surface area contributed by atoms with Gasteiger partial charge in [-0.25, -0.2) is 0 Å². The van der Waals surface area contributed by atoms with Crippen molar-refractivity contribution in [1.82, 2.24) is 9.13 Å². The van der Waals surface area contributed by atoms with Gasteiger partial charge in [-0.15, -0.1) is 0 Å². The molecule has 0 fully saturated rings. The molecule has 0 saturated carbocycles. The summed E-state index contributed by atoms with van der Waals surface area (Å²) in [5, 5.41) is 10.1. The van der Waals surface area contributed by atoms with Gasteiger partial charge in [0.05, 0.1) is 33.8 Å². The van der Waals surface area contributed by atoms with E-state index >= 15 is 0 Å². The molecule has 0 N–H and O–H groups in total. The second-order valence-corrected chi connectivity index (χ2v) is 18.0. The molecule has 4 unspecified atom stereocenters. The molecular weight excluding hydrogens is 763 g/mol. The zero-order valence-corrected chi connectivity index (χ0v) is 35.5. The summed E-state index contributed by atoms with van der Waals surface area (Å²) in [4.78, 5) is 5.54. The number of para-hydroxylation sites is 2. The van der Waals surface area contributed by atoms with Crippen LogP contribution < -0.4 is 0 Å². The molecular formula is C60H47N3. The molecule has 1 aliphatic heterocycles. The topological polar surface area (TPSA) is 22.2 Å². The first-order valence-electron chi connectivity index (χ1n) is 22.8. The number of rotatable bonds is 5. The van der Waals surface area contributed by atoms with E-state index in [9.17, 15) is 0 Å². The van der Waals surface area contributed by atoms with Crippen LogP contribution in [0.4, 0.5) is 0 Å². The lowest BCUT2D eigenvalue weighted by Crippen LogP contribution is -2.30. The third-order valence-corrected chi connectivity index (χ3v) is 14.6. The maximum Gasteiger partial charge on any atom is 0.0781 e. The first-order valence-corrected chi connectivity index (χ1v) is 22.8. The van der Waals surface area contributed by atoms with E-state index in [4.69, 9.17) is 4.99 Å². The summed E-state index contributed by atoms with van der Waals surface area (Å²) in [7, 11) is 0. The molecule has 63 heavy (non-hydrogen) atoms. The lowest BCUT2D eigenvalue weighted by Gasteiger charge is -2.36. The van der Waals surface area contributed by atoms with Crippen molar-refractivity contribution in [2.24, 2.45) is 22.7 Å². The van der Waals surface area contributed by atoms with E-state index < -0.39 is 0 Å². The second kappa shape index (κ2) is 14.4. The highest BCUT2D eigenvalue weighted by Gasteiger charge is 2.35. The molecule has 6 aromatic carbocycles. The Morgan fingerprint density at radius 2 is 1.40 bits per heavy atom. The van der Waals surface area contributed by atoms with E-state index in [0.29, 0.717) is 5.92 Å². The molecule has 13 rings (SSSR count). The van der Waals surface area contributed by atoms with Crippen molar-refractivity contribution in [3.05, 3.63) is 217 Å². The summed E-state index contributed by atoms with van der Waals surface area (Å²) < 4.78 is 5.11. The predicted octanol–water partition coefficient (Wildman–Crippen LogP) is 15.3. The van der Waals surface area contributed by atoms with Crippen molar-refractivity contribution < 1.29 is 0 Å². The molecule has 302 valence electrons. The number of nitrogens with zero attached hydrogens (tertiary/aromatic N) is 3. The van der Waals surface area contributed by atoms with Crippen LogP contribution in [0.3, 0.4) is 0 Å². The Morgan fingerprint density at radius 3 is 2.24 bits per heavy atom. The normalized spacial score (nSPS) is 22.1. The smallest absolute Gasteiger partial charge is 0.0781 e. The summed E-state index contributed by atoms with van der Waals surface area (Å²) >= 11 is 0. The highest BCUT2D eigenvalue weighted by Crippen LogP contribution is 2.47. The fourth-order valence-electron chi connectivity index (χ4n) is 11.6.